The van der Waals surface area contributed by atoms with E-state index in [2.05, 4.69) is 28.6 Å². The van der Waals surface area contributed by atoms with Crippen LogP contribution in [-0.2, 0) is 0 Å². The molecule has 0 aliphatic rings. The zero-order chi connectivity index (χ0) is 18.2. The Bertz CT molecular complexity index is 817. The summed E-state index contributed by atoms with van der Waals surface area (Å²) in [6.07, 6.45) is 3.52. The van der Waals surface area contributed by atoms with E-state index in [1.54, 1.807) is 6.08 Å². The smallest absolute Gasteiger partial charge is 0.162 e. The van der Waals surface area contributed by atoms with Gasteiger partial charge in [0, 0.05) is 4.47 Å². The molecule has 0 radical (unpaired) electrons. The molecule has 0 aliphatic carbocycles. The second-order valence-electron chi connectivity index (χ2n) is 5.39. The van der Waals surface area contributed by atoms with E-state index >= 15 is 0 Å². The first kappa shape index (κ1) is 18.8. The molecule has 4 heteroatoms. The first-order valence-corrected chi connectivity index (χ1v) is 8.77. The molecule has 2 aromatic rings. The van der Waals surface area contributed by atoms with Gasteiger partial charge in [0.25, 0.3) is 0 Å². The maximum absolute atomic E-state index is 9.54. The van der Waals surface area contributed by atoms with Crippen LogP contribution in [0.2, 0.25) is 0 Å². The van der Waals surface area contributed by atoms with Crippen molar-refractivity contribution in [3.05, 3.63) is 70.2 Å². The van der Waals surface area contributed by atoms with Crippen molar-refractivity contribution < 1.29 is 9.47 Å². The molecule has 0 saturated carbocycles. The molecule has 0 unspecified atom stereocenters. The molecule has 25 heavy (non-hydrogen) atoms. The Morgan fingerprint density at radius 2 is 1.88 bits per heavy atom. The molecule has 0 bridgehead atoms. The number of ether oxygens (including phenoxy) is 2. The highest BCUT2D eigenvalue weighted by atomic mass is 79.9. The first-order valence-electron chi connectivity index (χ1n) is 7.98. The van der Waals surface area contributed by atoms with Crippen molar-refractivity contribution in [1.82, 2.24) is 0 Å². The summed E-state index contributed by atoms with van der Waals surface area (Å²) >= 11 is 3.55. The highest BCUT2D eigenvalue weighted by molar-refractivity contribution is 9.10. The summed E-state index contributed by atoms with van der Waals surface area (Å²) < 4.78 is 12.1. The third-order valence-corrected chi connectivity index (χ3v) is 4.19. The van der Waals surface area contributed by atoms with Crippen LogP contribution in [0.15, 0.2) is 53.5 Å². The zero-order valence-electron chi connectivity index (χ0n) is 14.4. The minimum absolute atomic E-state index is 0.397. The van der Waals surface area contributed by atoms with Crippen molar-refractivity contribution in [3.8, 4) is 17.6 Å². The van der Waals surface area contributed by atoms with Crippen LogP contribution in [0.3, 0.4) is 0 Å². The second kappa shape index (κ2) is 9.10. The van der Waals surface area contributed by atoms with Gasteiger partial charge < -0.3 is 9.47 Å². The number of halogens is 1. The Kier molecular flexibility index (Phi) is 6.85. The van der Waals surface area contributed by atoms with Gasteiger partial charge in [-0.2, -0.15) is 5.26 Å². The summed E-state index contributed by atoms with van der Waals surface area (Å²) in [6, 6.07) is 13.9. The van der Waals surface area contributed by atoms with Gasteiger partial charge in [-0.25, -0.2) is 0 Å². The average molecular weight is 398 g/mol. The predicted molar refractivity (Wildman–Crippen MR) is 106 cm³/mol. The average Bonchev–Trinajstić information content (AvgIpc) is 2.61. The van der Waals surface area contributed by atoms with E-state index in [1.807, 2.05) is 56.3 Å². The van der Waals surface area contributed by atoms with Crippen LogP contribution in [0.4, 0.5) is 0 Å². The molecule has 0 atom stereocenters. The quantitative estimate of drug-likeness (QED) is 0.337. The summed E-state index contributed by atoms with van der Waals surface area (Å²) in [6.45, 7) is 8.52. The fraction of sp³-hybridized carbons (Fsp3) is 0.190. The van der Waals surface area contributed by atoms with Crippen LogP contribution >= 0.6 is 15.9 Å². The number of rotatable bonds is 7. The standard InChI is InChI=1S/C21H20BrNO2/c1-4-10-25-21-13-19(22)17(12-20(21)24-5-2)11-18(14-23)16-8-6-15(3)7-9-16/h4,6-9,11-13H,1,5,10H2,2-3H3/b18-11-. The van der Waals surface area contributed by atoms with Gasteiger partial charge in [0.05, 0.1) is 18.2 Å². The number of hydrogen-bond acceptors (Lipinski definition) is 3. The van der Waals surface area contributed by atoms with Crippen molar-refractivity contribution in [2.45, 2.75) is 13.8 Å². The molecule has 128 valence electrons. The number of allylic oxidation sites excluding steroid dienone is 1. The molecule has 3 nitrogen and oxygen atoms in total. The predicted octanol–water partition coefficient (Wildman–Crippen LogP) is 5.79. The Hall–Kier alpha value is -2.51. The fourth-order valence-corrected chi connectivity index (χ4v) is 2.70. The number of nitrogens with zero attached hydrogens (tertiary/aromatic N) is 1. The molecular formula is C21H20BrNO2. The van der Waals surface area contributed by atoms with E-state index in [0.717, 1.165) is 21.2 Å². The van der Waals surface area contributed by atoms with Crippen LogP contribution < -0.4 is 9.47 Å². The minimum Gasteiger partial charge on any atom is -0.490 e. The normalized spacial score (nSPS) is 10.9. The topological polar surface area (TPSA) is 42.2 Å². The fourth-order valence-electron chi connectivity index (χ4n) is 2.26. The summed E-state index contributed by atoms with van der Waals surface area (Å²) in [4.78, 5) is 0. The van der Waals surface area contributed by atoms with Crippen LogP contribution in [0, 0.1) is 18.3 Å². The van der Waals surface area contributed by atoms with Crippen LogP contribution in [0.25, 0.3) is 11.6 Å². The van der Waals surface area contributed by atoms with E-state index in [-0.39, 0.29) is 0 Å². The van der Waals surface area contributed by atoms with Crippen molar-refractivity contribution in [3.63, 3.8) is 0 Å². The Labute approximate surface area is 157 Å². The van der Waals surface area contributed by atoms with Gasteiger partial charge in [0.1, 0.15) is 6.61 Å². The number of hydrogen-bond donors (Lipinski definition) is 0. The van der Waals surface area contributed by atoms with Crippen LogP contribution in [0.1, 0.15) is 23.6 Å². The Morgan fingerprint density at radius 1 is 1.20 bits per heavy atom. The van der Waals surface area contributed by atoms with Gasteiger partial charge in [-0.3, -0.25) is 0 Å². The molecule has 2 aromatic carbocycles. The molecule has 0 aromatic heterocycles. The van der Waals surface area contributed by atoms with Crippen LogP contribution in [-0.4, -0.2) is 13.2 Å². The third kappa shape index (κ3) is 4.98. The largest absolute Gasteiger partial charge is 0.490 e. The minimum atomic E-state index is 0.397. The molecule has 0 saturated heterocycles. The van der Waals surface area contributed by atoms with E-state index < -0.39 is 0 Å². The van der Waals surface area contributed by atoms with Crippen molar-refractivity contribution in [2.75, 3.05) is 13.2 Å². The lowest BCUT2D eigenvalue weighted by Crippen LogP contribution is -1.99. The number of benzene rings is 2. The molecule has 0 N–H and O–H groups in total. The summed E-state index contributed by atoms with van der Waals surface area (Å²) in [7, 11) is 0. The molecule has 0 spiro atoms. The Balaban J connectivity index is 2.46. The van der Waals surface area contributed by atoms with Gasteiger partial charge in [0.15, 0.2) is 11.5 Å². The lowest BCUT2D eigenvalue weighted by molar-refractivity contribution is 0.296. The first-order chi connectivity index (χ1) is 12.1. The maximum Gasteiger partial charge on any atom is 0.162 e. The molecule has 0 amide bonds. The number of nitriles is 1. The Morgan fingerprint density at radius 3 is 2.48 bits per heavy atom. The van der Waals surface area contributed by atoms with Crippen molar-refractivity contribution in [1.29, 1.82) is 5.26 Å². The van der Waals surface area contributed by atoms with Gasteiger partial charge in [0.2, 0.25) is 0 Å². The zero-order valence-corrected chi connectivity index (χ0v) is 16.0. The number of aryl methyl sites for hydroxylation is 1. The van der Waals surface area contributed by atoms with E-state index in [9.17, 15) is 5.26 Å². The van der Waals surface area contributed by atoms with Gasteiger partial charge in [-0.15, -0.1) is 0 Å². The van der Waals surface area contributed by atoms with E-state index in [0.29, 0.717) is 30.3 Å². The molecular weight excluding hydrogens is 378 g/mol. The molecule has 2 rings (SSSR count). The highest BCUT2D eigenvalue weighted by Gasteiger charge is 2.11. The summed E-state index contributed by atoms with van der Waals surface area (Å²) in [5.41, 5.74) is 3.48. The lowest BCUT2D eigenvalue weighted by Gasteiger charge is -2.13. The summed E-state index contributed by atoms with van der Waals surface area (Å²) in [5, 5.41) is 9.54. The molecule has 0 aliphatic heterocycles. The van der Waals surface area contributed by atoms with Gasteiger partial charge >= 0.3 is 0 Å². The van der Waals surface area contributed by atoms with E-state index in [1.165, 1.54) is 0 Å². The lowest BCUT2D eigenvalue weighted by atomic mass is 10.0. The third-order valence-electron chi connectivity index (χ3n) is 3.50. The van der Waals surface area contributed by atoms with Gasteiger partial charge in [-0.05, 0) is 43.2 Å². The van der Waals surface area contributed by atoms with Crippen molar-refractivity contribution in [2.24, 2.45) is 0 Å². The van der Waals surface area contributed by atoms with Crippen molar-refractivity contribution >= 4 is 27.6 Å². The van der Waals surface area contributed by atoms with Gasteiger partial charge in [-0.1, -0.05) is 58.4 Å². The molecule has 0 fully saturated rings. The highest BCUT2D eigenvalue weighted by Crippen LogP contribution is 2.35. The van der Waals surface area contributed by atoms with Crippen LogP contribution in [0.5, 0.6) is 11.5 Å². The SMILES string of the molecule is C=CCOc1cc(Br)c(/C=C(/C#N)c2ccc(C)cc2)cc1OCC. The molecule has 0 heterocycles. The maximum atomic E-state index is 9.54. The van der Waals surface area contributed by atoms with E-state index in [4.69, 9.17) is 9.47 Å². The summed E-state index contributed by atoms with van der Waals surface area (Å²) in [5.74, 6) is 1.28. The monoisotopic (exact) mass is 397 g/mol. The second-order valence-corrected chi connectivity index (χ2v) is 6.24.